The molecule has 0 bridgehead atoms. The zero-order valence-corrected chi connectivity index (χ0v) is 11.0. The second-order valence-electron chi connectivity index (χ2n) is 5.19. The third-order valence-electron chi connectivity index (χ3n) is 3.94. The van der Waals surface area contributed by atoms with Crippen LogP contribution in [0.25, 0.3) is 5.57 Å². The van der Waals surface area contributed by atoms with Gasteiger partial charge in [0.25, 0.3) is 0 Å². The Morgan fingerprint density at radius 2 is 2.11 bits per heavy atom. The van der Waals surface area contributed by atoms with E-state index in [-0.39, 0.29) is 11.8 Å². The lowest BCUT2D eigenvalue weighted by Crippen LogP contribution is -2.39. The number of amides is 1. The van der Waals surface area contributed by atoms with E-state index in [0.29, 0.717) is 6.61 Å². The Kier molecular flexibility index (Phi) is 3.65. The summed E-state index contributed by atoms with van der Waals surface area (Å²) in [4.78, 5) is 14.2. The van der Waals surface area contributed by atoms with Crippen molar-refractivity contribution in [2.24, 2.45) is 5.92 Å². The first-order valence-corrected chi connectivity index (χ1v) is 6.95. The van der Waals surface area contributed by atoms with Gasteiger partial charge in [-0.15, -0.1) is 0 Å². The quantitative estimate of drug-likeness (QED) is 0.814. The maximum atomic E-state index is 12.3. The maximum absolute atomic E-state index is 12.3. The summed E-state index contributed by atoms with van der Waals surface area (Å²) in [6.45, 7) is 2.90. The molecule has 19 heavy (non-hydrogen) atoms. The Balaban J connectivity index is 1.65. The van der Waals surface area contributed by atoms with Crippen LogP contribution in [-0.4, -0.2) is 37.1 Å². The Hall–Kier alpha value is -1.61. The fourth-order valence-corrected chi connectivity index (χ4v) is 2.77. The van der Waals surface area contributed by atoms with Gasteiger partial charge in [-0.25, -0.2) is 0 Å². The van der Waals surface area contributed by atoms with Gasteiger partial charge in [-0.3, -0.25) is 4.79 Å². The van der Waals surface area contributed by atoms with Gasteiger partial charge >= 0.3 is 0 Å². The average Bonchev–Trinajstić information content (AvgIpc) is 3.02. The summed E-state index contributed by atoms with van der Waals surface area (Å²) < 4.78 is 5.30. The Morgan fingerprint density at radius 3 is 2.74 bits per heavy atom. The van der Waals surface area contributed by atoms with Crippen LogP contribution in [0.15, 0.2) is 36.4 Å². The number of hydrogen-bond acceptors (Lipinski definition) is 2. The Bertz CT molecular complexity index is 475. The highest BCUT2D eigenvalue weighted by atomic mass is 16.5. The monoisotopic (exact) mass is 257 g/mol. The first-order chi connectivity index (χ1) is 9.34. The van der Waals surface area contributed by atoms with Crippen molar-refractivity contribution in [3.63, 3.8) is 0 Å². The average molecular weight is 257 g/mol. The van der Waals surface area contributed by atoms with Crippen molar-refractivity contribution in [2.75, 3.05) is 26.3 Å². The van der Waals surface area contributed by atoms with E-state index in [1.54, 1.807) is 0 Å². The molecule has 3 heteroatoms. The van der Waals surface area contributed by atoms with E-state index >= 15 is 0 Å². The third-order valence-corrected chi connectivity index (χ3v) is 3.94. The molecule has 0 aliphatic carbocycles. The highest BCUT2D eigenvalue weighted by Crippen LogP contribution is 2.24. The predicted molar refractivity (Wildman–Crippen MR) is 74.5 cm³/mol. The first kappa shape index (κ1) is 12.4. The molecule has 2 aliphatic heterocycles. The largest absolute Gasteiger partial charge is 0.381 e. The fraction of sp³-hybridized carbons (Fsp3) is 0.438. The minimum atomic E-state index is 0.0895. The number of benzene rings is 1. The number of ether oxygens (including phenoxy) is 1. The smallest absolute Gasteiger partial charge is 0.228 e. The van der Waals surface area contributed by atoms with E-state index in [2.05, 4.69) is 30.3 Å². The van der Waals surface area contributed by atoms with E-state index in [9.17, 15) is 4.79 Å². The van der Waals surface area contributed by atoms with E-state index in [0.717, 1.165) is 32.5 Å². The van der Waals surface area contributed by atoms with Gasteiger partial charge < -0.3 is 9.64 Å². The molecule has 0 saturated carbocycles. The molecule has 1 atom stereocenters. The molecule has 1 amide bonds. The molecule has 1 saturated heterocycles. The van der Waals surface area contributed by atoms with Crippen molar-refractivity contribution < 1.29 is 9.53 Å². The lowest BCUT2D eigenvalue weighted by Gasteiger charge is -2.28. The molecule has 1 fully saturated rings. The van der Waals surface area contributed by atoms with Gasteiger partial charge in [0.1, 0.15) is 0 Å². The lowest BCUT2D eigenvalue weighted by atomic mass is 9.98. The van der Waals surface area contributed by atoms with E-state index in [4.69, 9.17) is 4.74 Å². The Morgan fingerprint density at radius 1 is 1.26 bits per heavy atom. The summed E-state index contributed by atoms with van der Waals surface area (Å²) in [5.41, 5.74) is 2.63. The summed E-state index contributed by atoms with van der Waals surface area (Å²) >= 11 is 0. The first-order valence-electron chi connectivity index (χ1n) is 6.95. The summed E-state index contributed by atoms with van der Waals surface area (Å²) in [5, 5.41) is 0. The van der Waals surface area contributed by atoms with Crippen molar-refractivity contribution in [1.82, 2.24) is 4.90 Å². The van der Waals surface area contributed by atoms with Gasteiger partial charge in [-0.05, 0) is 24.0 Å². The van der Waals surface area contributed by atoms with Crippen LogP contribution in [0.2, 0.25) is 0 Å². The van der Waals surface area contributed by atoms with Crippen molar-refractivity contribution in [3.8, 4) is 0 Å². The number of nitrogens with zero attached hydrogens (tertiary/aromatic N) is 1. The standard InChI is InChI=1S/C16H19NO2/c18-16(15-8-11-19-12-15)17-9-6-14(7-10-17)13-4-2-1-3-5-13/h1-6,15H,7-12H2/t15-/m1/s1. The molecular formula is C16H19NO2. The van der Waals surface area contributed by atoms with Crippen molar-refractivity contribution in [3.05, 3.63) is 42.0 Å². The van der Waals surface area contributed by atoms with Crippen LogP contribution in [0.3, 0.4) is 0 Å². The van der Waals surface area contributed by atoms with E-state index < -0.39 is 0 Å². The summed E-state index contributed by atoms with van der Waals surface area (Å²) in [7, 11) is 0. The van der Waals surface area contributed by atoms with Gasteiger partial charge in [0.15, 0.2) is 0 Å². The second kappa shape index (κ2) is 5.57. The van der Waals surface area contributed by atoms with Gasteiger partial charge in [-0.1, -0.05) is 36.4 Å². The van der Waals surface area contributed by atoms with Crippen LogP contribution >= 0.6 is 0 Å². The topological polar surface area (TPSA) is 29.5 Å². The number of hydrogen-bond donors (Lipinski definition) is 0. The lowest BCUT2D eigenvalue weighted by molar-refractivity contribution is -0.135. The van der Waals surface area contributed by atoms with Gasteiger partial charge in [0, 0.05) is 19.7 Å². The van der Waals surface area contributed by atoms with Crippen molar-refractivity contribution >= 4 is 11.5 Å². The van der Waals surface area contributed by atoms with Crippen LogP contribution in [0.4, 0.5) is 0 Å². The van der Waals surface area contributed by atoms with Crippen molar-refractivity contribution in [2.45, 2.75) is 12.8 Å². The van der Waals surface area contributed by atoms with Gasteiger partial charge in [0.2, 0.25) is 5.91 Å². The molecule has 2 heterocycles. The van der Waals surface area contributed by atoms with E-state index in [1.165, 1.54) is 11.1 Å². The molecule has 0 unspecified atom stereocenters. The highest BCUT2D eigenvalue weighted by molar-refractivity contribution is 5.80. The molecule has 100 valence electrons. The van der Waals surface area contributed by atoms with Crippen molar-refractivity contribution in [1.29, 1.82) is 0 Å². The maximum Gasteiger partial charge on any atom is 0.228 e. The van der Waals surface area contributed by atoms with Gasteiger partial charge in [0.05, 0.1) is 12.5 Å². The van der Waals surface area contributed by atoms with Crippen LogP contribution in [0, 0.1) is 5.92 Å². The Labute approximate surface area is 113 Å². The molecule has 1 aromatic rings. The molecule has 2 aliphatic rings. The van der Waals surface area contributed by atoms with Gasteiger partial charge in [-0.2, -0.15) is 0 Å². The summed E-state index contributed by atoms with van der Waals surface area (Å²) in [5.74, 6) is 0.354. The normalized spacial score (nSPS) is 23.3. The molecule has 0 spiro atoms. The van der Waals surface area contributed by atoms with Crippen LogP contribution in [0.5, 0.6) is 0 Å². The summed E-state index contributed by atoms with van der Waals surface area (Å²) in [6.07, 6.45) is 4.01. The molecule has 3 nitrogen and oxygen atoms in total. The number of carbonyl (C=O) groups is 1. The molecule has 0 aromatic heterocycles. The SMILES string of the molecule is O=C([C@@H]1CCOC1)N1CC=C(c2ccccc2)CC1. The minimum Gasteiger partial charge on any atom is -0.381 e. The second-order valence-corrected chi connectivity index (χ2v) is 5.19. The molecule has 0 N–H and O–H groups in total. The van der Waals surface area contributed by atoms with Crippen LogP contribution in [-0.2, 0) is 9.53 Å². The third kappa shape index (κ3) is 2.71. The van der Waals surface area contributed by atoms with E-state index in [1.807, 2.05) is 11.0 Å². The van der Waals surface area contributed by atoms with Crippen LogP contribution < -0.4 is 0 Å². The molecule has 3 rings (SSSR count). The zero-order chi connectivity index (χ0) is 13.1. The molecule has 1 aromatic carbocycles. The summed E-state index contributed by atoms with van der Waals surface area (Å²) in [6, 6.07) is 10.4. The number of carbonyl (C=O) groups excluding carboxylic acids is 1. The minimum absolute atomic E-state index is 0.0895. The molecular weight excluding hydrogens is 238 g/mol. The zero-order valence-electron chi connectivity index (χ0n) is 11.0. The predicted octanol–water partition coefficient (Wildman–Crippen LogP) is 2.34. The fourth-order valence-electron chi connectivity index (χ4n) is 2.77. The van der Waals surface area contributed by atoms with Crippen LogP contribution in [0.1, 0.15) is 18.4 Å². The number of rotatable bonds is 2. The molecule has 0 radical (unpaired) electrons. The highest BCUT2D eigenvalue weighted by Gasteiger charge is 2.28.